The van der Waals surface area contributed by atoms with Crippen molar-refractivity contribution in [3.63, 3.8) is 0 Å². The third-order valence-electron chi connectivity index (χ3n) is 3.74. The van der Waals surface area contributed by atoms with Gasteiger partial charge in [-0.1, -0.05) is 0 Å². The van der Waals surface area contributed by atoms with Crippen molar-refractivity contribution in [1.82, 2.24) is 9.88 Å². The Bertz CT molecular complexity index is 484. The van der Waals surface area contributed by atoms with E-state index in [1.54, 1.807) is 12.3 Å². The molecule has 1 N–H and O–H groups in total. The summed E-state index contributed by atoms with van der Waals surface area (Å²) in [5.41, 5.74) is 1.46. The maximum absolute atomic E-state index is 12.5. The first kappa shape index (κ1) is 14.5. The molecule has 2 rings (SSSR count). The largest absolute Gasteiger partial charge is 0.481 e. The molecule has 1 aromatic rings. The summed E-state index contributed by atoms with van der Waals surface area (Å²) in [6.07, 6.45) is 5.16. The molecular formula is C15H20N2O3. The zero-order valence-corrected chi connectivity index (χ0v) is 11.7. The summed E-state index contributed by atoms with van der Waals surface area (Å²) in [5, 5.41) is 8.80. The number of pyridine rings is 1. The Morgan fingerprint density at radius 1 is 1.40 bits per heavy atom. The van der Waals surface area contributed by atoms with Crippen molar-refractivity contribution in [2.24, 2.45) is 0 Å². The van der Waals surface area contributed by atoms with Crippen molar-refractivity contribution in [3.8, 4) is 0 Å². The molecule has 0 aliphatic carbocycles. The van der Waals surface area contributed by atoms with Crippen LogP contribution in [0.2, 0.25) is 0 Å². The Morgan fingerprint density at radius 2 is 2.20 bits per heavy atom. The van der Waals surface area contributed by atoms with Gasteiger partial charge in [-0.3, -0.25) is 14.6 Å². The highest BCUT2D eigenvalue weighted by molar-refractivity contribution is 5.94. The fraction of sp³-hybridized carbons (Fsp3) is 0.533. The van der Waals surface area contributed by atoms with Crippen molar-refractivity contribution < 1.29 is 14.7 Å². The first-order valence-corrected chi connectivity index (χ1v) is 7.03. The van der Waals surface area contributed by atoms with Crippen LogP contribution in [0.4, 0.5) is 0 Å². The van der Waals surface area contributed by atoms with E-state index in [4.69, 9.17) is 5.11 Å². The predicted octanol–water partition coefficient (Wildman–Crippen LogP) is 2.25. The molecule has 1 atom stereocenters. The molecule has 0 spiro atoms. The maximum atomic E-state index is 12.5. The van der Waals surface area contributed by atoms with Crippen LogP contribution in [0.3, 0.4) is 0 Å². The molecule has 1 fully saturated rings. The summed E-state index contributed by atoms with van der Waals surface area (Å²) in [6, 6.07) is 3.64. The number of likely N-dealkylation sites (tertiary alicyclic amines) is 1. The van der Waals surface area contributed by atoms with E-state index in [9.17, 15) is 9.59 Å². The predicted molar refractivity (Wildman–Crippen MR) is 74.5 cm³/mol. The number of carboxylic acid groups (broad SMARTS) is 1. The van der Waals surface area contributed by atoms with Crippen LogP contribution >= 0.6 is 0 Å². The minimum absolute atomic E-state index is 0.0346. The molecule has 20 heavy (non-hydrogen) atoms. The van der Waals surface area contributed by atoms with Crippen LogP contribution in [0.15, 0.2) is 18.3 Å². The van der Waals surface area contributed by atoms with Gasteiger partial charge in [0.15, 0.2) is 0 Å². The highest BCUT2D eigenvalue weighted by atomic mass is 16.4. The number of rotatable bonds is 4. The normalized spacial score (nSPS) is 18.9. The van der Waals surface area contributed by atoms with Crippen LogP contribution in [0.5, 0.6) is 0 Å². The first-order chi connectivity index (χ1) is 9.58. The van der Waals surface area contributed by atoms with E-state index in [2.05, 4.69) is 4.98 Å². The molecule has 0 aromatic carbocycles. The molecule has 1 saturated heterocycles. The third-order valence-corrected chi connectivity index (χ3v) is 3.74. The van der Waals surface area contributed by atoms with Gasteiger partial charge in [-0.25, -0.2) is 0 Å². The Balaban J connectivity index is 2.08. The molecule has 5 nitrogen and oxygen atoms in total. The van der Waals surface area contributed by atoms with Gasteiger partial charge in [0.1, 0.15) is 0 Å². The lowest BCUT2D eigenvalue weighted by Crippen LogP contribution is -2.44. The number of piperidine rings is 1. The van der Waals surface area contributed by atoms with Gasteiger partial charge in [0.25, 0.3) is 5.91 Å². The number of carboxylic acids is 1. The number of aromatic nitrogens is 1. The van der Waals surface area contributed by atoms with E-state index in [-0.39, 0.29) is 18.4 Å². The molecule has 0 saturated carbocycles. The van der Waals surface area contributed by atoms with E-state index < -0.39 is 5.97 Å². The quantitative estimate of drug-likeness (QED) is 0.915. The third kappa shape index (κ3) is 3.56. The van der Waals surface area contributed by atoms with Gasteiger partial charge < -0.3 is 10.0 Å². The van der Waals surface area contributed by atoms with Crippen LogP contribution in [-0.2, 0) is 4.79 Å². The average Bonchev–Trinajstić information content (AvgIpc) is 2.45. The van der Waals surface area contributed by atoms with Crippen molar-refractivity contribution in [1.29, 1.82) is 0 Å². The van der Waals surface area contributed by atoms with E-state index >= 15 is 0 Å². The van der Waals surface area contributed by atoms with E-state index in [1.807, 2.05) is 17.9 Å². The van der Waals surface area contributed by atoms with Gasteiger partial charge in [-0.15, -0.1) is 0 Å². The number of aliphatic carboxylic acids is 1. The van der Waals surface area contributed by atoms with E-state index in [0.717, 1.165) is 25.0 Å². The second kappa shape index (κ2) is 6.50. The van der Waals surface area contributed by atoms with Crippen LogP contribution in [-0.4, -0.2) is 39.5 Å². The second-order valence-corrected chi connectivity index (χ2v) is 5.27. The summed E-state index contributed by atoms with van der Waals surface area (Å²) in [4.78, 5) is 29.2. The van der Waals surface area contributed by atoms with Crippen molar-refractivity contribution in [2.75, 3.05) is 6.54 Å². The van der Waals surface area contributed by atoms with Crippen LogP contribution in [0.25, 0.3) is 0 Å². The number of aryl methyl sites for hydroxylation is 1. The maximum Gasteiger partial charge on any atom is 0.303 e. The van der Waals surface area contributed by atoms with E-state index in [1.165, 1.54) is 0 Å². The van der Waals surface area contributed by atoms with Gasteiger partial charge in [-0.2, -0.15) is 0 Å². The molecule has 0 unspecified atom stereocenters. The minimum Gasteiger partial charge on any atom is -0.481 e. The fourth-order valence-electron chi connectivity index (χ4n) is 2.62. The number of carbonyl (C=O) groups is 2. The summed E-state index contributed by atoms with van der Waals surface area (Å²) < 4.78 is 0. The molecule has 1 aromatic heterocycles. The Morgan fingerprint density at radius 3 is 2.85 bits per heavy atom. The SMILES string of the molecule is Cc1ccc(C(=O)N2CCCC[C@H]2CCC(=O)O)cn1. The molecule has 2 heterocycles. The standard InChI is InChI=1S/C15H20N2O3/c1-11-5-6-12(10-16-11)15(20)17-9-3-2-4-13(17)7-8-14(18)19/h5-6,10,13H,2-4,7-9H2,1H3,(H,18,19)/t13-/m0/s1. The first-order valence-electron chi connectivity index (χ1n) is 7.03. The van der Waals surface area contributed by atoms with Gasteiger partial charge >= 0.3 is 5.97 Å². The fourth-order valence-corrected chi connectivity index (χ4v) is 2.62. The molecule has 5 heteroatoms. The second-order valence-electron chi connectivity index (χ2n) is 5.27. The zero-order valence-electron chi connectivity index (χ0n) is 11.7. The number of hydrogen-bond donors (Lipinski definition) is 1. The van der Waals surface area contributed by atoms with Crippen molar-refractivity contribution >= 4 is 11.9 Å². The summed E-state index contributed by atoms with van der Waals surface area (Å²) in [5.74, 6) is -0.840. The van der Waals surface area contributed by atoms with Gasteiger partial charge in [0, 0.05) is 30.9 Å². The smallest absolute Gasteiger partial charge is 0.303 e. The molecule has 1 aliphatic heterocycles. The number of carbonyl (C=O) groups excluding carboxylic acids is 1. The molecule has 0 bridgehead atoms. The van der Waals surface area contributed by atoms with Gasteiger partial charge in [0.05, 0.1) is 5.56 Å². The topological polar surface area (TPSA) is 70.5 Å². The number of amides is 1. The molecule has 108 valence electrons. The van der Waals surface area contributed by atoms with Crippen LogP contribution in [0.1, 0.15) is 48.2 Å². The highest BCUT2D eigenvalue weighted by Gasteiger charge is 2.27. The van der Waals surface area contributed by atoms with Crippen molar-refractivity contribution in [3.05, 3.63) is 29.6 Å². The Labute approximate surface area is 118 Å². The molecule has 1 amide bonds. The molecule has 0 radical (unpaired) electrons. The summed E-state index contributed by atoms with van der Waals surface area (Å²) in [7, 11) is 0. The monoisotopic (exact) mass is 276 g/mol. The zero-order chi connectivity index (χ0) is 14.5. The highest BCUT2D eigenvalue weighted by Crippen LogP contribution is 2.23. The van der Waals surface area contributed by atoms with Crippen LogP contribution in [0, 0.1) is 6.92 Å². The Kier molecular flexibility index (Phi) is 4.71. The van der Waals surface area contributed by atoms with Gasteiger partial charge in [0.2, 0.25) is 0 Å². The van der Waals surface area contributed by atoms with Gasteiger partial charge in [-0.05, 0) is 44.7 Å². The number of nitrogens with zero attached hydrogens (tertiary/aromatic N) is 2. The van der Waals surface area contributed by atoms with Crippen molar-refractivity contribution in [2.45, 2.75) is 45.1 Å². The average molecular weight is 276 g/mol. The Hall–Kier alpha value is -1.91. The van der Waals surface area contributed by atoms with Crippen LogP contribution < -0.4 is 0 Å². The van der Waals surface area contributed by atoms with E-state index in [0.29, 0.717) is 18.5 Å². The summed E-state index contributed by atoms with van der Waals surface area (Å²) in [6.45, 7) is 2.59. The lowest BCUT2D eigenvalue weighted by atomic mass is 9.97. The lowest BCUT2D eigenvalue weighted by Gasteiger charge is -2.35. The summed E-state index contributed by atoms with van der Waals surface area (Å²) >= 11 is 0. The molecule has 1 aliphatic rings. The molecular weight excluding hydrogens is 256 g/mol. The lowest BCUT2D eigenvalue weighted by molar-refractivity contribution is -0.137. The minimum atomic E-state index is -0.806. The number of hydrogen-bond acceptors (Lipinski definition) is 3.